The number of methoxy groups -OCH3 is 1. The van der Waals surface area contributed by atoms with Crippen LogP contribution in [0.25, 0.3) is 10.8 Å². The van der Waals surface area contributed by atoms with Crippen molar-refractivity contribution in [3.8, 4) is 5.75 Å². The molecule has 33 heavy (non-hydrogen) atoms. The van der Waals surface area contributed by atoms with Gasteiger partial charge in [-0.15, -0.1) is 10.2 Å². The third kappa shape index (κ3) is 5.17. The van der Waals surface area contributed by atoms with Gasteiger partial charge in [-0.05, 0) is 29.7 Å². The van der Waals surface area contributed by atoms with Crippen molar-refractivity contribution >= 4 is 59.8 Å². The van der Waals surface area contributed by atoms with E-state index in [1.165, 1.54) is 37.4 Å². The van der Waals surface area contributed by atoms with Gasteiger partial charge in [0.25, 0.3) is 20.2 Å². The van der Waals surface area contributed by atoms with Gasteiger partial charge in [0.15, 0.2) is 0 Å². The molecule has 0 radical (unpaired) electrons. The fourth-order valence-corrected chi connectivity index (χ4v) is 4.29. The van der Waals surface area contributed by atoms with Crippen molar-refractivity contribution < 1.29 is 35.5 Å². The number of azo groups is 1. The van der Waals surface area contributed by atoms with E-state index in [2.05, 4.69) is 15.5 Å². The molecule has 0 saturated heterocycles. The molecule has 0 aliphatic heterocycles. The molecule has 0 saturated carbocycles. The maximum atomic E-state index is 12.1. The molecule has 0 aliphatic carbocycles. The predicted octanol–water partition coefficient (Wildman–Crippen LogP) is 2.83. The second-order valence-corrected chi connectivity index (χ2v) is 9.33. The molecule has 0 aliphatic rings. The Morgan fingerprint density at radius 2 is 1.61 bits per heavy atom. The summed E-state index contributed by atoms with van der Waals surface area (Å²) in [4.78, 5) is 9.95. The first-order valence-electron chi connectivity index (χ1n) is 8.78. The Kier molecular flexibility index (Phi) is 6.24. The molecule has 0 atom stereocenters. The second-order valence-electron chi connectivity index (χ2n) is 6.55. The summed E-state index contributed by atoms with van der Waals surface area (Å²) in [5.74, 6) is 0.172. The van der Waals surface area contributed by atoms with Gasteiger partial charge in [-0.3, -0.25) is 9.11 Å². The van der Waals surface area contributed by atoms with Crippen LogP contribution < -0.4 is 21.5 Å². The average Bonchev–Trinajstić information content (AvgIpc) is 2.70. The normalized spacial score (nSPS) is 12.2. The van der Waals surface area contributed by atoms with Gasteiger partial charge in [0.05, 0.1) is 23.4 Å². The lowest BCUT2D eigenvalue weighted by molar-refractivity contribution is 0.259. The van der Waals surface area contributed by atoms with Gasteiger partial charge in [0.1, 0.15) is 22.0 Å². The summed E-state index contributed by atoms with van der Waals surface area (Å²) < 4.78 is 71.4. The van der Waals surface area contributed by atoms with E-state index >= 15 is 0 Å². The standard InChI is InChI=1S/C18H17N5O8S2/c1-31-16-8-15(14(7-12(16)19)21-18(20)24)23-22-13-5-3-9-2-4-10(32(25,26)27)6-11(9)17(13)33(28,29)30/h2-8H,19H2,1H3,(H3,20,21,24)(H,25,26,27)(H,28,29,30). The van der Waals surface area contributed by atoms with Gasteiger partial charge < -0.3 is 21.5 Å². The van der Waals surface area contributed by atoms with Gasteiger partial charge in [-0.2, -0.15) is 16.8 Å². The summed E-state index contributed by atoms with van der Waals surface area (Å²) in [6, 6.07) is 7.46. The summed E-state index contributed by atoms with van der Waals surface area (Å²) in [6.07, 6.45) is 0. The van der Waals surface area contributed by atoms with Crippen molar-refractivity contribution in [2.45, 2.75) is 9.79 Å². The molecule has 15 heteroatoms. The number of hydrogen-bond acceptors (Lipinski definition) is 9. The molecule has 7 N–H and O–H groups in total. The number of benzene rings is 3. The first-order valence-corrected chi connectivity index (χ1v) is 11.7. The van der Waals surface area contributed by atoms with Crippen molar-refractivity contribution in [1.82, 2.24) is 0 Å². The largest absolute Gasteiger partial charge is 0.495 e. The molecule has 174 valence electrons. The first-order chi connectivity index (χ1) is 15.3. The first kappa shape index (κ1) is 23.9. The molecule has 3 rings (SSSR count). The molecule has 13 nitrogen and oxygen atoms in total. The number of fused-ring (bicyclic) bond motifs is 1. The number of nitrogen functional groups attached to an aromatic ring is 1. The monoisotopic (exact) mass is 495 g/mol. The topological polar surface area (TPSA) is 224 Å². The molecule has 2 amide bonds. The van der Waals surface area contributed by atoms with Gasteiger partial charge >= 0.3 is 6.03 Å². The number of carbonyl (C=O) groups excluding carboxylic acids is 1. The van der Waals surface area contributed by atoms with Crippen molar-refractivity contribution in [3.63, 3.8) is 0 Å². The van der Waals surface area contributed by atoms with E-state index < -0.39 is 36.1 Å². The van der Waals surface area contributed by atoms with Crippen molar-refractivity contribution in [2.75, 3.05) is 18.2 Å². The Balaban J connectivity index is 2.26. The molecule has 0 heterocycles. The fraction of sp³-hybridized carbons (Fsp3) is 0.0556. The number of ether oxygens (including phenoxy) is 1. The lowest BCUT2D eigenvalue weighted by atomic mass is 10.1. The minimum Gasteiger partial charge on any atom is -0.495 e. The van der Waals surface area contributed by atoms with Gasteiger partial charge in [0.2, 0.25) is 0 Å². The minimum absolute atomic E-state index is 0.0204. The molecular weight excluding hydrogens is 478 g/mol. The lowest BCUT2D eigenvalue weighted by Crippen LogP contribution is -2.19. The molecule has 0 fully saturated rings. The maximum Gasteiger partial charge on any atom is 0.316 e. The number of carbonyl (C=O) groups is 1. The summed E-state index contributed by atoms with van der Waals surface area (Å²) >= 11 is 0. The number of nitrogens with one attached hydrogen (secondary N) is 1. The highest BCUT2D eigenvalue weighted by atomic mass is 32.2. The molecule has 0 bridgehead atoms. The van der Waals surface area contributed by atoms with Crippen molar-refractivity contribution in [2.24, 2.45) is 16.0 Å². The molecular formula is C18H17N5O8S2. The average molecular weight is 495 g/mol. The number of anilines is 2. The van der Waals surface area contributed by atoms with Crippen LogP contribution in [0.2, 0.25) is 0 Å². The molecule has 3 aromatic carbocycles. The fourth-order valence-electron chi connectivity index (χ4n) is 2.96. The minimum atomic E-state index is -4.94. The Morgan fingerprint density at radius 1 is 0.970 bits per heavy atom. The molecule has 0 aromatic heterocycles. The van der Waals surface area contributed by atoms with Gasteiger partial charge in [-0.25, -0.2) is 4.79 Å². The number of rotatable bonds is 6. The predicted molar refractivity (Wildman–Crippen MR) is 118 cm³/mol. The van der Waals surface area contributed by atoms with E-state index in [9.17, 15) is 30.7 Å². The summed E-state index contributed by atoms with van der Waals surface area (Å²) in [7, 11) is -8.27. The van der Waals surface area contributed by atoms with E-state index in [1.807, 2.05) is 0 Å². The summed E-state index contributed by atoms with van der Waals surface area (Å²) in [5.41, 5.74) is 10.7. The number of amides is 2. The second kappa shape index (κ2) is 8.62. The van der Waals surface area contributed by atoms with Crippen LogP contribution in [0.1, 0.15) is 0 Å². The van der Waals surface area contributed by atoms with E-state index in [0.29, 0.717) is 0 Å². The SMILES string of the molecule is COc1cc(N=Nc2ccc3ccc(S(=O)(=O)O)cc3c2S(=O)(=O)O)c(NC(N)=O)cc1N. The van der Waals surface area contributed by atoms with E-state index in [1.54, 1.807) is 0 Å². The third-order valence-electron chi connectivity index (χ3n) is 4.35. The number of nitrogens with two attached hydrogens (primary N) is 2. The Hall–Kier alpha value is -3.79. The number of primary amides is 1. The van der Waals surface area contributed by atoms with Gasteiger partial charge in [0, 0.05) is 11.5 Å². The lowest BCUT2D eigenvalue weighted by Gasteiger charge is -2.11. The number of urea groups is 1. The van der Waals surface area contributed by atoms with Crippen LogP contribution in [0, 0.1) is 0 Å². The zero-order valence-electron chi connectivity index (χ0n) is 16.8. The van der Waals surface area contributed by atoms with Crippen molar-refractivity contribution in [3.05, 3.63) is 42.5 Å². The molecule has 0 unspecified atom stereocenters. The highest BCUT2D eigenvalue weighted by Gasteiger charge is 2.22. The van der Waals surface area contributed by atoms with Crippen LogP contribution in [0.3, 0.4) is 0 Å². The number of hydrogen-bond donors (Lipinski definition) is 5. The maximum absolute atomic E-state index is 12.1. The van der Waals surface area contributed by atoms with Crippen LogP contribution >= 0.6 is 0 Å². The zero-order valence-corrected chi connectivity index (χ0v) is 18.4. The summed E-state index contributed by atoms with van der Waals surface area (Å²) in [5, 5.41) is 10.0. The van der Waals surface area contributed by atoms with Crippen LogP contribution in [0.5, 0.6) is 5.75 Å². The highest BCUT2D eigenvalue weighted by molar-refractivity contribution is 7.86. The summed E-state index contributed by atoms with van der Waals surface area (Å²) in [6.45, 7) is 0. The third-order valence-corrected chi connectivity index (χ3v) is 6.14. The smallest absolute Gasteiger partial charge is 0.316 e. The highest BCUT2D eigenvalue weighted by Crippen LogP contribution is 2.38. The quantitative estimate of drug-likeness (QED) is 0.192. The Morgan fingerprint density at radius 3 is 2.18 bits per heavy atom. The Labute approximate surface area is 187 Å². The van der Waals surface area contributed by atoms with Crippen LogP contribution in [-0.4, -0.2) is 39.1 Å². The van der Waals surface area contributed by atoms with Crippen LogP contribution in [0.15, 0.2) is 62.5 Å². The van der Waals surface area contributed by atoms with Gasteiger partial charge in [-0.1, -0.05) is 12.1 Å². The Bertz CT molecular complexity index is 1520. The number of nitrogens with zero attached hydrogens (tertiary/aromatic N) is 2. The van der Waals surface area contributed by atoms with Crippen molar-refractivity contribution in [1.29, 1.82) is 0 Å². The zero-order chi connectivity index (χ0) is 24.6. The van der Waals surface area contributed by atoms with Crippen LogP contribution in [-0.2, 0) is 20.2 Å². The van der Waals surface area contributed by atoms with E-state index in [0.717, 1.165) is 12.1 Å². The molecule has 3 aromatic rings. The van der Waals surface area contributed by atoms with E-state index in [-0.39, 0.29) is 39.3 Å². The van der Waals surface area contributed by atoms with E-state index in [4.69, 9.17) is 16.2 Å². The molecule has 0 spiro atoms. The van der Waals surface area contributed by atoms with Crippen LogP contribution in [0.4, 0.5) is 27.5 Å².